The van der Waals surface area contributed by atoms with Crippen molar-refractivity contribution in [1.82, 2.24) is 0 Å². The highest BCUT2D eigenvalue weighted by Crippen LogP contribution is 2.35. The number of aliphatic hydroxyl groups excluding tert-OH is 1. The van der Waals surface area contributed by atoms with Crippen LogP contribution in [0, 0.1) is 12.7 Å². The second-order valence-electron chi connectivity index (χ2n) is 4.81. The molecule has 106 valence electrons. The highest BCUT2D eigenvalue weighted by molar-refractivity contribution is 6.31. The Kier molecular flexibility index (Phi) is 4.76. The average molecular weight is 294 g/mol. The molecule has 0 amide bonds. The molecule has 4 heteroatoms. The fraction of sp³-hybridized carbons (Fsp3) is 0.250. The van der Waals surface area contributed by atoms with Crippen molar-refractivity contribution in [3.05, 3.63) is 70.0 Å². The van der Waals surface area contributed by atoms with E-state index in [0.29, 0.717) is 5.56 Å². The van der Waals surface area contributed by atoms with Crippen LogP contribution in [0.2, 0.25) is 5.02 Å². The second kappa shape index (κ2) is 6.35. The van der Waals surface area contributed by atoms with E-state index in [-0.39, 0.29) is 17.5 Å². The molecule has 3 N–H and O–H groups in total. The van der Waals surface area contributed by atoms with E-state index in [1.807, 2.05) is 31.2 Å². The minimum atomic E-state index is -0.866. The van der Waals surface area contributed by atoms with Gasteiger partial charge in [-0.2, -0.15) is 0 Å². The first kappa shape index (κ1) is 15.0. The van der Waals surface area contributed by atoms with Gasteiger partial charge in [-0.05, 0) is 35.7 Å². The zero-order valence-electron chi connectivity index (χ0n) is 11.2. The standard InChI is InChI=1S/C16H17ClFNO/c1-10-4-2-3-5-12(10)14(9-19)16(20)13-7-6-11(18)8-15(13)17/h2-8,14,16,20H,9,19H2,1H3. The lowest BCUT2D eigenvalue weighted by Gasteiger charge is -2.24. The van der Waals surface area contributed by atoms with Gasteiger partial charge in [0.25, 0.3) is 0 Å². The van der Waals surface area contributed by atoms with Gasteiger partial charge in [-0.15, -0.1) is 0 Å². The number of halogens is 2. The topological polar surface area (TPSA) is 46.2 Å². The fourth-order valence-electron chi connectivity index (χ4n) is 2.39. The first-order valence-electron chi connectivity index (χ1n) is 6.43. The van der Waals surface area contributed by atoms with Gasteiger partial charge in [0.15, 0.2) is 0 Å². The van der Waals surface area contributed by atoms with Crippen molar-refractivity contribution in [3.8, 4) is 0 Å². The molecular weight excluding hydrogens is 277 g/mol. The van der Waals surface area contributed by atoms with Crippen molar-refractivity contribution >= 4 is 11.6 Å². The van der Waals surface area contributed by atoms with E-state index in [9.17, 15) is 9.50 Å². The Balaban J connectivity index is 2.39. The van der Waals surface area contributed by atoms with Gasteiger partial charge in [0.2, 0.25) is 0 Å². The Hall–Kier alpha value is -1.42. The summed E-state index contributed by atoms with van der Waals surface area (Å²) >= 11 is 6.01. The van der Waals surface area contributed by atoms with Gasteiger partial charge in [0.1, 0.15) is 5.82 Å². The van der Waals surface area contributed by atoms with Crippen molar-refractivity contribution < 1.29 is 9.50 Å². The molecule has 0 aliphatic rings. The average Bonchev–Trinajstić information content (AvgIpc) is 2.41. The van der Waals surface area contributed by atoms with Crippen LogP contribution in [-0.2, 0) is 0 Å². The predicted molar refractivity (Wildman–Crippen MR) is 79.3 cm³/mol. The molecule has 2 atom stereocenters. The number of aryl methyl sites for hydroxylation is 1. The van der Waals surface area contributed by atoms with Crippen molar-refractivity contribution in [3.63, 3.8) is 0 Å². The molecule has 0 spiro atoms. The minimum absolute atomic E-state index is 0.213. The van der Waals surface area contributed by atoms with Gasteiger partial charge in [0.05, 0.1) is 6.10 Å². The molecule has 0 heterocycles. The summed E-state index contributed by atoms with van der Waals surface area (Å²) in [6.45, 7) is 2.25. The molecule has 0 fully saturated rings. The maximum absolute atomic E-state index is 13.1. The summed E-state index contributed by atoms with van der Waals surface area (Å²) in [5.74, 6) is -0.703. The second-order valence-corrected chi connectivity index (χ2v) is 5.22. The molecule has 0 aliphatic carbocycles. The Morgan fingerprint density at radius 1 is 1.20 bits per heavy atom. The molecule has 2 nitrogen and oxygen atoms in total. The highest BCUT2D eigenvalue weighted by atomic mass is 35.5. The number of aliphatic hydroxyl groups is 1. The third-order valence-corrected chi connectivity index (χ3v) is 3.83. The molecular formula is C16H17ClFNO. The summed E-state index contributed by atoms with van der Waals surface area (Å²) in [7, 11) is 0. The van der Waals surface area contributed by atoms with E-state index in [1.165, 1.54) is 18.2 Å². The van der Waals surface area contributed by atoms with Crippen LogP contribution in [0.5, 0.6) is 0 Å². The van der Waals surface area contributed by atoms with Crippen molar-refractivity contribution in [2.75, 3.05) is 6.54 Å². The Labute approximate surface area is 123 Å². The van der Waals surface area contributed by atoms with Gasteiger partial charge in [0, 0.05) is 17.5 Å². The minimum Gasteiger partial charge on any atom is -0.388 e. The molecule has 2 unspecified atom stereocenters. The van der Waals surface area contributed by atoms with Crippen LogP contribution >= 0.6 is 11.6 Å². The quantitative estimate of drug-likeness (QED) is 0.905. The molecule has 2 rings (SSSR count). The maximum Gasteiger partial charge on any atom is 0.124 e. The Bertz CT molecular complexity index is 603. The number of hydrogen-bond donors (Lipinski definition) is 2. The maximum atomic E-state index is 13.1. The van der Waals surface area contributed by atoms with Crippen molar-refractivity contribution in [2.45, 2.75) is 18.9 Å². The van der Waals surface area contributed by atoms with Gasteiger partial charge in [-0.1, -0.05) is 41.9 Å². The third kappa shape index (κ3) is 3.01. The summed E-state index contributed by atoms with van der Waals surface area (Å²) in [6, 6.07) is 11.7. The molecule has 2 aromatic carbocycles. The first-order chi connectivity index (χ1) is 9.54. The van der Waals surface area contributed by atoms with Crippen molar-refractivity contribution in [1.29, 1.82) is 0 Å². The van der Waals surface area contributed by atoms with Crippen LogP contribution in [0.1, 0.15) is 28.7 Å². The molecule has 0 aliphatic heterocycles. The number of rotatable bonds is 4. The summed E-state index contributed by atoms with van der Waals surface area (Å²) in [6.07, 6.45) is -0.866. The molecule has 20 heavy (non-hydrogen) atoms. The van der Waals surface area contributed by atoms with Crippen LogP contribution in [0.15, 0.2) is 42.5 Å². The molecule has 0 aromatic heterocycles. The largest absolute Gasteiger partial charge is 0.388 e. The van der Waals surface area contributed by atoms with E-state index in [0.717, 1.165) is 11.1 Å². The summed E-state index contributed by atoms with van der Waals surface area (Å²) < 4.78 is 13.1. The zero-order chi connectivity index (χ0) is 14.7. The molecule has 0 saturated carbocycles. The van der Waals surface area contributed by atoms with E-state index in [4.69, 9.17) is 17.3 Å². The Morgan fingerprint density at radius 2 is 1.90 bits per heavy atom. The van der Waals surface area contributed by atoms with Gasteiger partial charge in [-0.25, -0.2) is 4.39 Å². The van der Waals surface area contributed by atoms with Gasteiger partial charge < -0.3 is 10.8 Å². The van der Waals surface area contributed by atoms with Crippen LogP contribution in [-0.4, -0.2) is 11.7 Å². The molecule has 0 saturated heterocycles. The molecule has 0 bridgehead atoms. The Morgan fingerprint density at radius 3 is 2.50 bits per heavy atom. The lowest BCUT2D eigenvalue weighted by atomic mass is 9.87. The smallest absolute Gasteiger partial charge is 0.124 e. The van der Waals surface area contributed by atoms with Gasteiger partial charge >= 0.3 is 0 Å². The lowest BCUT2D eigenvalue weighted by Crippen LogP contribution is -2.21. The summed E-state index contributed by atoms with van der Waals surface area (Å²) in [5, 5.41) is 10.8. The molecule has 2 aromatic rings. The van der Waals surface area contributed by atoms with Crippen LogP contribution < -0.4 is 5.73 Å². The van der Waals surface area contributed by atoms with Crippen LogP contribution in [0.4, 0.5) is 4.39 Å². The SMILES string of the molecule is Cc1ccccc1C(CN)C(O)c1ccc(F)cc1Cl. The lowest BCUT2D eigenvalue weighted by molar-refractivity contribution is 0.147. The third-order valence-electron chi connectivity index (χ3n) is 3.50. The monoisotopic (exact) mass is 293 g/mol. The van der Waals surface area contributed by atoms with Gasteiger partial charge in [-0.3, -0.25) is 0 Å². The van der Waals surface area contributed by atoms with Crippen LogP contribution in [0.3, 0.4) is 0 Å². The van der Waals surface area contributed by atoms with Crippen molar-refractivity contribution in [2.24, 2.45) is 5.73 Å². The summed E-state index contributed by atoms with van der Waals surface area (Å²) in [5.41, 5.74) is 8.34. The van der Waals surface area contributed by atoms with E-state index >= 15 is 0 Å². The molecule has 0 radical (unpaired) electrons. The highest BCUT2D eigenvalue weighted by Gasteiger charge is 2.24. The van der Waals surface area contributed by atoms with Crippen LogP contribution in [0.25, 0.3) is 0 Å². The summed E-state index contributed by atoms with van der Waals surface area (Å²) in [4.78, 5) is 0. The predicted octanol–water partition coefficient (Wildman–Crippen LogP) is 3.56. The normalized spacial score (nSPS) is 14.1. The zero-order valence-corrected chi connectivity index (χ0v) is 11.9. The number of hydrogen-bond acceptors (Lipinski definition) is 2. The van der Waals surface area contributed by atoms with E-state index < -0.39 is 11.9 Å². The first-order valence-corrected chi connectivity index (χ1v) is 6.81. The van der Waals surface area contributed by atoms with E-state index in [2.05, 4.69) is 0 Å². The number of benzene rings is 2. The van der Waals surface area contributed by atoms with E-state index in [1.54, 1.807) is 0 Å². The number of nitrogens with two attached hydrogens (primary N) is 1. The fourth-order valence-corrected chi connectivity index (χ4v) is 2.67.